The van der Waals surface area contributed by atoms with Crippen LogP contribution in [0.1, 0.15) is 30.5 Å². The standard InChI is InChI=1S/C8H12N2O3/c1-12-4-7-9-8(13-10-7)5-2-6(11)3-5/h5-6,11H,2-4H2,1H3. The summed E-state index contributed by atoms with van der Waals surface area (Å²) in [6.07, 6.45) is 1.27. The molecule has 0 aliphatic heterocycles. The fourth-order valence-corrected chi connectivity index (χ4v) is 1.41. The molecule has 2 rings (SSSR count). The van der Waals surface area contributed by atoms with Gasteiger partial charge in [0.25, 0.3) is 0 Å². The zero-order chi connectivity index (χ0) is 9.26. The van der Waals surface area contributed by atoms with Crippen molar-refractivity contribution < 1.29 is 14.4 Å². The summed E-state index contributed by atoms with van der Waals surface area (Å²) >= 11 is 0. The van der Waals surface area contributed by atoms with Gasteiger partial charge < -0.3 is 14.4 Å². The van der Waals surface area contributed by atoms with Crippen LogP contribution in [0.3, 0.4) is 0 Å². The molecule has 0 unspecified atom stereocenters. The maximum absolute atomic E-state index is 9.08. The molecule has 1 aromatic rings. The number of hydrogen-bond donors (Lipinski definition) is 1. The number of hydrogen-bond acceptors (Lipinski definition) is 5. The van der Waals surface area contributed by atoms with Crippen LogP contribution in [0.2, 0.25) is 0 Å². The third-order valence-electron chi connectivity index (χ3n) is 2.22. The first-order valence-electron chi connectivity index (χ1n) is 4.29. The van der Waals surface area contributed by atoms with Gasteiger partial charge in [-0.05, 0) is 12.8 Å². The SMILES string of the molecule is COCc1noc(C2CC(O)C2)n1. The molecule has 1 heterocycles. The van der Waals surface area contributed by atoms with Crippen molar-refractivity contribution in [3.63, 3.8) is 0 Å². The minimum atomic E-state index is -0.192. The second-order valence-corrected chi connectivity index (χ2v) is 3.30. The van der Waals surface area contributed by atoms with E-state index in [-0.39, 0.29) is 12.0 Å². The second-order valence-electron chi connectivity index (χ2n) is 3.30. The molecular formula is C8H12N2O3. The fraction of sp³-hybridized carbons (Fsp3) is 0.750. The van der Waals surface area contributed by atoms with Crippen LogP contribution in [0.25, 0.3) is 0 Å². The molecule has 1 aliphatic rings. The molecule has 0 atom stereocenters. The summed E-state index contributed by atoms with van der Waals surface area (Å²) in [4.78, 5) is 4.14. The minimum Gasteiger partial charge on any atom is -0.393 e. The highest BCUT2D eigenvalue weighted by atomic mass is 16.5. The normalized spacial score (nSPS) is 27.2. The molecule has 1 N–H and O–H groups in total. The summed E-state index contributed by atoms with van der Waals surface area (Å²) in [5.41, 5.74) is 0. The maximum Gasteiger partial charge on any atom is 0.230 e. The monoisotopic (exact) mass is 184 g/mol. The van der Waals surface area contributed by atoms with Crippen molar-refractivity contribution in [1.82, 2.24) is 10.1 Å². The van der Waals surface area contributed by atoms with Crippen LogP contribution in [-0.2, 0) is 11.3 Å². The molecule has 72 valence electrons. The van der Waals surface area contributed by atoms with E-state index in [1.807, 2.05) is 0 Å². The van der Waals surface area contributed by atoms with E-state index in [1.165, 1.54) is 0 Å². The van der Waals surface area contributed by atoms with Crippen LogP contribution in [-0.4, -0.2) is 28.5 Å². The van der Waals surface area contributed by atoms with E-state index in [2.05, 4.69) is 10.1 Å². The Morgan fingerprint density at radius 2 is 2.38 bits per heavy atom. The number of aliphatic hydroxyl groups excluding tert-OH is 1. The molecular weight excluding hydrogens is 172 g/mol. The Labute approximate surface area is 75.7 Å². The molecule has 1 saturated carbocycles. The Kier molecular flexibility index (Phi) is 2.28. The van der Waals surface area contributed by atoms with Crippen molar-refractivity contribution in [2.24, 2.45) is 0 Å². The lowest BCUT2D eigenvalue weighted by atomic mass is 9.82. The van der Waals surface area contributed by atoms with Gasteiger partial charge in [0, 0.05) is 13.0 Å². The van der Waals surface area contributed by atoms with Crippen LogP contribution in [0.5, 0.6) is 0 Å². The first-order chi connectivity index (χ1) is 6.29. The molecule has 0 saturated heterocycles. The predicted octanol–water partition coefficient (Wildman–Crippen LogP) is 0.454. The van der Waals surface area contributed by atoms with E-state index in [4.69, 9.17) is 14.4 Å². The number of ether oxygens (including phenoxy) is 1. The molecule has 5 nitrogen and oxygen atoms in total. The van der Waals surface area contributed by atoms with Crippen LogP contribution in [0.4, 0.5) is 0 Å². The van der Waals surface area contributed by atoms with Crippen LogP contribution in [0.15, 0.2) is 4.52 Å². The van der Waals surface area contributed by atoms with Crippen LogP contribution >= 0.6 is 0 Å². The van der Waals surface area contributed by atoms with Gasteiger partial charge in [-0.1, -0.05) is 5.16 Å². The maximum atomic E-state index is 9.08. The molecule has 13 heavy (non-hydrogen) atoms. The highest BCUT2D eigenvalue weighted by molar-refractivity contribution is 5.00. The van der Waals surface area contributed by atoms with E-state index in [1.54, 1.807) is 7.11 Å². The van der Waals surface area contributed by atoms with E-state index in [0.29, 0.717) is 18.3 Å². The lowest BCUT2D eigenvalue weighted by molar-refractivity contribution is 0.0624. The summed E-state index contributed by atoms with van der Waals surface area (Å²) < 4.78 is 9.88. The minimum absolute atomic E-state index is 0.192. The predicted molar refractivity (Wildman–Crippen MR) is 43.0 cm³/mol. The van der Waals surface area contributed by atoms with Gasteiger partial charge in [-0.2, -0.15) is 4.98 Å². The van der Waals surface area contributed by atoms with Crippen molar-refractivity contribution in [2.45, 2.75) is 31.5 Å². The third kappa shape index (κ3) is 1.71. The number of nitrogens with zero attached hydrogens (tertiary/aromatic N) is 2. The summed E-state index contributed by atoms with van der Waals surface area (Å²) in [6, 6.07) is 0. The highest BCUT2D eigenvalue weighted by Gasteiger charge is 2.32. The van der Waals surface area contributed by atoms with Crippen molar-refractivity contribution in [3.8, 4) is 0 Å². The Balaban J connectivity index is 1.97. The first kappa shape index (κ1) is 8.65. The van der Waals surface area contributed by atoms with Gasteiger partial charge in [0.15, 0.2) is 5.82 Å². The Hall–Kier alpha value is -0.940. The Bertz CT molecular complexity index is 281. The van der Waals surface area contributed by atoms with Gasteiger partial charge in [0.1, 0.15) is 6.61 Å². The summed E-state index contributed by atoms with van der Waals surface area (Å²) in [5, 5.41) is 12.8. The molecule has 1 aliphatic carbocycles. The van der Waals surface area contributed by atoms with Gasteiger partial charge in [-0.15, -0.1) is 0 Å². The van der Waals surface area contributed by atoms with Gasteiger partial charge in [-0.3, -0.25) is 0 Å². The van der Waals surface area contributed by atoms with E-state index < -0.39 is 0 Å². The van der Waals surface area contributed by atoms with E-state index in [0.717, 1.165) is 12.8 Å². The topological polar surface area (TPSA) is 68.4 Å². The molecule has 0 bridgehead atoms. The van der Waals surface area contributed by atoms with E-state index in [9.17, 15) is 0 Å². The number of aromatic nitrogens is 2. The fourth-order valence-electron chi connectivity index (χ4n) is 1.41. The van der Waals surface area contributed by atoms with Gasteiger partial charge >= 0.3 is 0 Å². The first-order valence-corrected chi connectivity index (χ1v) is 4.29. The Morgan fingerprint density at radius 3 is 3.00 bits per heavy atom. The molecule has 0 amide bonds. The van der Waals surface area contributed by atoms with Crippen molar-refractivity contribution in [2.75, 3.05) is 7.11 Å². The lowest BCUT2D eigenvalue weighted by Crippen LogP contribution is -2.26. The lowest BCUT2D eigenvalue weighted by Gasteiger charge is -2.27. The number of methoxy groups -OCH3 is 1. The third-order valence-corrected chi connectivity index (χ3v) is 2.22. The van der Waals surface area contributed by atoms with Gasteiger partial charge in [-0.25, -0.2) is 0 Å². The average Bonchev–Trinajstić information content (AvgIpc) is 2.48. The molecule has 0 radical (unpaired) electrons. The van der Waals surface area contributed by atoms with Crippen molar-refractivity contribution in [1.29, 1.82) is 0 Å². The molecule has 1 aromatic heterocycles. The number of rotatable bonds is 3. The molecule has 0 spiro atoms. The van der Waals surface area contributed by atoms with Crippen LogP contribution < -0.4 is 0 Å². The molecule has 1 fully saturated rings. The van der Waals surface area contributed by atoms with Crippen LogP contribution in [0, 0.1) is 0 Å². The van der Waals surface area contributed by atoms with Crippen molar-refractivity contribution in [3.05, 3.63) is 11.7 Å². The van der Waals surface area contributed by atoms with Gasteiger partial charge in [0.05, 0.1) is 6.10 Å². The quantitative estimate of drug-likeness (QED) is 0.738. The zero-order valence-corrected chi connectivity index (χ0v) is 7.43. The Morgan fingerprint density at radius 1 is 1.62 bits per heavy atom. The highest BCUT2D eigenvalue weighted by Crippen LogP contribution is 2.35. The number of aliphatic hydroxyl groups is 1. The molecule has 5 heteroatoms. The second kappa shape index (κ2) is 3.43. The van der Waals surface area contributed by atoms with Crippen molar-refractivity contribution >= 4 is 0 Å². The smallest absolute Gasteiger partial charge is 0.230 e. The van der Waals surface area contributed by atoms with E-state index >= 15 is 0 Å². The molecule has 0 aromatic carbocycles. The largest absolute Gasteiger partial charge is 0.393 e. The average molecular weight is 184 g/mol. The van der Waals surface area contributed by atoms with Gasteiger partial charge in [0.2, 0.25) is 5.89 Å². The zero-order valence-electron chi connectivity index (χ0n) is 7.43. The summed E-state index contributed by atoms with van der Waals surface area (Å²) in [7, 11) is 1.59. The summed E-state index contributed by atoms with van der Waals surface area (Å²) in [6.45, 7) is 0.374. The summed E-state index contributed by atoms with van der Waals surface area (Å²) in [5.74, 6) is 1.43.